The maximum Gasteiger partial charge on any atom is 0.119 e. The highest BCUT2D eigenvalue weighted by Crippen LogP contribution is 2.23. The van der Waals surface area contributed by atoms with Crippen LogP contribution in [0, 0.1) is 0 Å². The molecule has 6 nitrogen and oxygen atoms in total. The number of benzene rings is 4. The molecule has 6 heteroatoms. The van der Waals surface area contributed by atoms with E-state index in [1.165, 1.54) is 12.1 Å². The minimum atomic E-state index is 0.0235. The Labute approximate surface area is 197 Å². The molecular weight excluding hydrogens is 432 g/mol. The van der Waals surface area contributed by atoms with Crippen LogP contribution in [0.15, 0.2) is 84.9 Å². The summed E-state index contributed by atoms with van der Waals surface area (Å²) in [4.78, 5) is 0. The van der Waals surface area contributed by atoms with Crippen molar-refractivity contribution in [2.45, 2.75) is 12.8 Å². The molecule has 0 fully saturated rings. The molecule has 0 saturated heterocycles. The van der Waals surface area contributed by atoms with Crippen molar-refractivity contribution < 1.29 is 30.6 Å². The number of aromatic hydroxyl groups is 6. The molecule has 0 aromatic heterocycles. The van der Waals surface area contributed by atoms with Gasteiger partial charge in [0.15, 0.2) is 0 Å². The quantitative estimate of drug-likeness (QED) is 0.218. The number of phenols is 6. The van der Waals surface area contributed by atoms with Gasteiger partial charge < -0.3 is 30.6 Å². The van der Waals surface area contributed by atoms with E-state index in [1.807, 2.05) is 18.2 Å². The summed E-state index contributed by atoms with van der Waals surface area (Å²) in [5.41, 5.74) is 3.61. The lowest BCUT2D eigenvalue weighted by atomic mass is 10.0. The smallest absolute Gasteiger partial charge is 0.119 e. The summed E-state index contributed by atoms with van der Waals surface area (Å²) in [6, 6.07) is 22.7. The first-order valence-electron chi connectivity index (χ1n) is 10.6. The number of phenolic OH excluding ortho intramolecular Hbond substituents is 6. The van der Waals surface area contributed by atoms with E-state index in [2.05, 4.69) is 0 Å². The van der Waals surface area contributed by atoms with Gasteiger partial charge in [0.25, 0.3) is 0 Å². The number of rotatable bonds is 5. The van der Waals surface area contributed by atoms with Crippen molar-refractivity contribution in [3.05, 3.63) is 107 Å². The highest BCUT2D eigenvalue weighted by atomic mass is 16.3. The molecular formula is C28H26O6. The fraction of sp³-hybridized carbons (Fsp3) is 0.0714. The number of hydrogen-bond donors (Lipinski definition) is 6. The van der Waals surface area contributed by atoms with Crippen LogP contribution in [0.2, 0.25) is 0 Å². The van der Waals surface area contributed by atoms with E-state index in [0.29, 0.717) is 5.56 Å². The van der Waals surface area contributed by atoms with Crippen LogP contribution < -0.4 is 0 Å². The zero-order valence-electron chi connectivity index (χ0n) is 18.3. The highest BCUT2D eigenvalue weighted by molar-refractivity contribution is 5.71. The Bertz CT molecular complexity index is 1200. The third kappa shape index (κ3) is 7.84. The lowest BCUT2D eigenvalue weighted by Gasteiger charge is -2.04. The Balaban J connectivity index is 0.000000191. The first-order chi connectivity index (χ1) is 16.3. The van der Waals surface area contributed by atoms with Gasteiger partial charge in [-0.3, -0.25) is 0 Å². The standard InChI is InChI=1S/C14H14O3.C14H12O3/c2*15-12-5-3-10(4-6-12)1-2-11-7-13(16)9-14(17)8-11/h3-9,15-17H,1-2H2;1-9,15-17H/b;2-1+. The Hall–Kier alpha value is -4.58. The van der Waals surface area contributed by atoms with Crippen molar-refractivity contribution >= 4 is 12.2 Å². The molecule has 0 aliphatic carbocycles. The van der Waals surface area contributed by atoms with Crippen LogP contribution >= 0.6 is 0 Å². The largest absolute Gasteiger partial charge is 0.508 e. The Kier molecular flexibility index (Phi) is 8.02. The highest BCUT2D eigenvalue weighted by Gasteiger charge is 2.01. The van der Waals surface area contributed by atoms with Crippen LogP contribution in [-0.2, 0) is 12.8 Å². The third-order valence-corrected chi connectivity index (χ3v) is 4.89. The van der Waals surface area contributed by atoms with Gasteiger partial charge in [-0.25, -0.2) is 0 Å². The number of aryl methyl sites for hydroxylation is 2. The second-order valence-corrected chi connectivity index (χ2v) is 7.73. The van der Waals surface area contributed by atoms with Gasteiger partial charge in [0.2, 0.25) is 0 Å². The van der Waals surface area contributed by atoms with E-state index in [1.54, 1.807) is 66.7 Å². The summed E-state index contributed by atoms with van der Waals surface area (Å²) < 4.78 is 0. The molecule has 4 aromatic carbocycles. The van der Waals surface area contributed by atoms with Crippen molar-refractivity contribution in [1.29, 1.82) is 0 Å². The van der Waals surface area contributed by atoms with Crippen LogP contribution in [0.1, 0.15) is 22.3 Å². The fourth-order valence-electron chi connectivity index (χ4n) is 3.24. The van der Waals surface area contributed by atoms with Crippen LogP contribution in [-0.4, -0.2) is 30.6 Å². The van der Waals surface area contributed by atoms with Crippen LogP contribution in [0.3, 0.4) is 0 Å². The molecule has 34 heavy (non-hydrogen) atoms. The van der Waals surface area contributed by atoms with Gasteiger partial charge >= 0.3 is 0 Å². The molecule has 0 aliphatic heterocycles. The predicted octanol–water partition coefficient (Wildman–Crippen LogP) is 5.56. The van der Waals surface area contributed by atoms with E-state index < -0.39 is 0 Å². The van der Waals surface area contributed by atoms with Crippen molar-refractivity contribution in [1.82, 2.24) is 0 Å². The first-order valence-corrected chi connectivity index (χ1v) is 10.6. The maximum absolute atomic E-state index is 9.33. The predicted molar refractivity (Wildman–Crippen MR) is 132 cm³/mol. The molecule has 4 aromatic rings. The molecule has 0 saturated carbocycles. The van der Waals surface area contributed by atoms with Crippen molar-refractivity contribution in [2.24, 2.45) is 0 Å². The van der Waals surface area contributed by atoms with Crippen molar-refractivity contribution in [2.75, 3.05) is 0 Å². The molecule has 174 valence electrons. The maximum atomic E-state index is 9.33. The fourth-order valence-corrected chi connectivity index (χ4v) is 3.24. The molecule has 0 spiro atoms. The van der Waals surface area contributed by atoms with E-state index in [4.69, 9.17) is 10.2 Å². The van der Waals surface area contributed by atoms with E-state index in [0.717, 1.165) is 29.5 Å². The van der Waals surface area contributed by atoms with Crippen LogP contribution in [0.25, 0.3) is 12.2 Å². The molecule has 0 aliphatic rings. The van der Waals surface area contributed by atoms with Crippen LogP contribution in [0.5, 0.6) is 34.5 Å². The van der Waals surface area contributed by atoms with Gasteiger partial charge in [0.05, 0.1) is 0 Å². The summed E-state index contributed by atoms with van der Waals surface area (Å²) in [5, 5.41) is 55.5. The Morgan fingerprint density at radius 3 is 1.32 bits per heavy atom. The minimum absolute atomic E-state index is 0.0235. The summed E-state index contributed by atoms with van der Waals surface area (Å²) in [7, 11) is 0. The second-order valence-electron chi connectivity index (χ2n) is 7.73. The molecule has 0 radical (unpaired) electrons. The summed E-state index contributed by atoms with van der Waals surface area (Å²) in [5.74, 6) is 0.669. The van der Waals surface area contributed by atoms with E-state index in [9.17, 15) is 20.4 Å². The molecule has 4 rings (SSSR count). The molecule has 0 atom stereocenters. The van der Waals surface area contributed by atoms with E-state index >= 15 is 0 Å². The molecule has 0 heterocycles. The SMILES string of the molecule is Oc1ccc(/C=C/c2cc(O)cc(O)c2)cc1.Oc1ccc(CCc2cc(O)cc(O)c2)cc1. The first kappa shape index (κ1) is 24.1. The monoisotopic (exact) mass is 458 g/mol. The van der Waals surface area contributed by atoms with Gasteiger partial charge in [-0.1, -0.05) is 36.4 Å². The van der Waals surface area contributed by atoms with Gasteiger partial charge in [0.1, 0.15) is 34.5 Å². The van der Waals surface area contributed by atoms with Crippen LogP contribution in [0.4, 0.5) is 0 Å². The van der Waals surface area contributed by atoms with Gasteiger partial charge in [-0.2, -0.15) is 0 Å². The normalized spacial score (nSPS) is 10.6. The molecule has 0 unspecified atom stereocenters. The number of hydrogen-bond acceptors (Lipinski definition) is 6. The topological polar surface area (TPSA) is 121 Å². The molecule has 0 amide bonds. The van der Waals surface area contributed by atoms with Gasteiger partial charge in [-0.15, -0.1) is 0 Å². The average molecular weight is 459 g/mol. The molecule has 6 N–H and O–H groups in total. The van der Waals surface area contributed by atoms with Crippen molar-refractivity contribution in [3.8, 4) is 34.5 Å². The third-order valence-electron chi connectivity index (χ3n) is 4.89. The summed E-state index contributed by atoms with van der Waals surface area (Å²) >= 11 is 0. The average Bonchev–Trinajstić information content (AvgIpc) is 2.78. The Morgan fingerprint density at radius 2 is 0.794 bits per heavy atom. The molecule has 0 bridgehead atoms. The van der Waals surface area contributed by atoms with Gasteiger partial charge in [-0.05, 0) is 83.6 Å². The summed E-state index contributed by atoms with van der Waals surface area (Å²) in [6.45, 7) is 0. The Morgan fingerprint density at radius 1 is 0.382 bits per heavy atom. The lowest BCUT2D eigenvalue weighted by molar-refractivity contribution is 0.448. The minimum Gasteiger partial charge on any atom is -0.508 e. The lowest BCUT2D eigenvalue weighted by Crippen LogP contribution is -1.90. The summed E-state index contributed by atoms with van der Waals surface area (Å²) in [6.07, 6.45) is 5.12. The zero-order valence-corrected chi connectivity index (χ0v) is 18.3. The second kappa shape index (κ2) is 11.3. The zero-order chi connectivity index (χ0) is 24.5. The van der Waals surface area contributed by atoms with Gasteiger partial charge in [0, 0.05) is 12.1 Å². The van der Waals surface area contributed by atoms with Crippen molar-refractivity contribution in [3.63, 3.8) is 0 Å². The van der Waals surface area contributed by atoms with E-state index in [-0.39, 0.29) is 34.5 Å².